The Hall–Kier alpha value is -2.30. The number of methoxy groups -OCH3 is 1. The van der Waals surface area contributed by atoms with Gasteiger partial charge in [0.15, 0.2) is 0 Å². The Morgan fingerprint density at radius 2 is 2.12 bits per heavy atom. The number of hydrogen-bond donors (Lipinski definition) is 2. The zero-order chi connectivity index (χ0) is 11.7. The van der Waals surface area contributed by atoms with Gasteiger partial charge in [-0.05, 0) is 18.2 Å². The van der Waals surface area contributed by atoms with Crippen LogP contribution in [-0.2, 0) is 0 Å². The second-order valence-electron chi connectivity index (χ2n) is 3.26. The molecule has 2 N–H and O–H groups in total. The Morgan fingerprint density at radius 1 is 1.38 bits per heavy atom. The van der Waals surface area contributed by atoms with Gasteiger partial charge in [-0.15, -0.1) is 0 Å². The van der Waals surface area contributed by atoms with Crippen molar-refractivity contribution in [1.29, 1.82) is 0 Å². The van der Waals surface area contributed by atoms with Crippen molar-refractivity contribution in [2.45, 2.75) is 0 Å². The van der Waals surface area contributed by atoms with Gasteiger partial charge in [0.1, 0.15) is 5.75 Å². The number of hydrogen-bond acceptors (Lipinski definition) is 3. The summed E-state index contributed by atoms with van der Waals surface area (Å²) in [5.41, 5.74) is 0.0124. The van der Waals surface area contributed by atoms with Crippen molar-refractivity contribution < 1.29 is 14.6 Å². The van der Waals surface area contributed by atoms with Crippen LogP contribution in [0.15, 0.2) is 29.1 Å². The quantitative estimate of drug-likeness (QED) is 0.796. The fourth-order valence-corrected chi connectivity index (χ4v) is 1.54. The van der Waals surface area contributed by atoms with Gasteiger partial charge in [0.2, 0.25) is 5.56 Å². The van der Waals surface area contributed by atoms with Crippen molar-refractivity contribution in [3.63, 3.8) is 0 Å². The van der Waals surface area contributed by atoms with Crippen LogP contribution < -0.4 is 10.3 Å². The largest absolute Gasteiger partial charge is 0.497 e. The van der Waals surface area contributed by atoms with E-state index < -0.39 is 11.5 Å². The third-order valence-electron chi connectivity index (χ3n) is 2.28. The average Bonchev–Trinajstić information content (AvgIpc) is 2.27. The number of pyridine rings is 1. The van der Waals surface area contributed by atoms with Crippen LogP contribution >= 0.6 is 0 Å². The molecule has 1 aromatic carbocycles. The maximum absolute atomic E-state index is 11.2. The van der Waals surface area contributed by atoms with Gasteiger partial charge in [0.05, 0.1) is 12.7 Å². The molecule has 0 aliphatic carbocycles. The molecule has 1 aromatic heterocycles. The molecule has 0 aliphatic heterocycles. The number of H-pyrrole nitrogens is 1. The molecular formula is C11H9NO4. The van der Waals surface area contributed by atoms with Gasteiger partial charge >= 0.3 is 5.97 Å². The van der Waals surface area contributed by atoms with Crippen LogP contribution in [0.4, 0.5) is 0 Å². The van der Waals surface area contributed by atoms with Crippen molar-refractivity contribution in [1.82, 2.24) is 4.98 Å². The molecule has 2 aromatic rings. The second-order valence-corrected chi connectivity index (χ2v) is 3.26. The molecule has 1 heterocycles. The average molecular weight is 219 g/mol. The minimum absolute atomic E-state index is 0.0300. The van der Waals surface area contributed by atoms with Gasteiger partial charge in [0.25, 0.3) is 0 Å². The summed E-state index contributed by atoms with van der Waals surface area (Å²) in [5, 5.41) is 9.43. The standard InChI is InChI=1S/C11H9NO4/c1-16-6-2-3-9-7(4-6)8(11(14)15)5-10(13)12-9/h2-5H,1H3,(H,12,13)(H,14,15). The number of nitrogens with one attached hydrogen (secondary N) is 1. The van der Waals surface area contributed by atoms with Crippen LogP contribution in [0.25, 0.3) is 10.9 Å². The summed E-state index contributed by atoms with van der Waals surface area (Å²) in [6.45, 7) is 0. The summed E-state index contributed by atoms with van der Waals surface area (Å²) in [7, 11) is 1.49. The lowest BCUT2D eigenvalue weighted by molar-refractivity contribution is 0.0699. The molecule has 0 spiro atoms. The van der Waals surface area contributed by atoms with Crippen molar-refractivity contribution in [3.05, 3.63) is 40.2 Å². The number of benzene rings is 1. The summed E-state index contributed by atoms with van der Waals surface area (Å²) in [5.74, 6) is -0.591. The molecule has 0 unspecified atom stereocenters. The molecule has 82 valence electrons. The fourth-order valence-electron chi connectivity index (χ4n) is 1.54. The Kier molecular flexibility index (Phi) is 2.36. The first-order valence-electron chi connectivity index (χ1n) is 4.56. The predicted molar refractivity (Wildman–Crippen MR) is 58.1 cm³/mol. The molecule has 0 atom stereocenters. The minimum Gasteiger partial charge on any atom is -0.497 e. The number of rotatable bonds is 2. The summed E-state index contributed by atoms with van der Waals surface area (Å²) >= 11 is 0. The summed E-state index contributed by atoms with van der Waals surface area (Å²) in [4.78, 5) is 24.7. The Morgan fingerprint density at radius 3 is 2.75 bits per heavy atom. The molecule has 0 amide bonds. The van der Waals surface area contributed by atoms with Crippen LogP contribution in [0.1, 0.15) is 10.4 Å². The van der Waals surface area contributed by atoms with Gasteiger partial charge in [-0.2, -0.15) is 0 Å². The minimum atomic E-state index is -1.13. The first kappa shape index (κ1) is 10.2. The second kappa shape index (κ2) is 3.69. The molecule has 0 radical (unpaired) electrons. The zero-order valence-electron chi connectivity index (χ0n) is 8.48. The number of aromatic nitrogens is 1. The normalized spacial score (nSPS) is 10.3. The zero-order valence-corrected chi connectivity index (χ0v) is 8.48. The van der Waals surface area contributed by atoms with Gasteiger partial charge in [-0.3, -0.25) is 4.79 Å². The van der Waals surface area contributed by atoms with E-state index in [-0.39, 0.29) is 5.56 Å². The van der Waals surface area contributed by atoms with E-state index in [1.807, 2.05) is 0 Å². The lowest BCUT2D eigenvalue weighted by Crippen LogP contribution is -2.10. The highest BCUT2D eigenvalue weighted by Gasteiger charge is 2.10. The van der Waals surface area contributed by atoms with E-state index in [1.54, 1.807) is 18.2 Å². The van der Waals surface area contributed by atoms with Gasteiger partial charge in [-0.25, -0.2) is 4.79 Å². The van der Waals surface area contributed by atoms with Crippen molar-refractivity contribution in [2.24, 2.45) is 0 Å². The van der Waals surface area contributed by atoms with Crippen LogP contribution in [-0.4, -0.2) is 23.2 Å². The highest BCUT2D eigenvalue weighted by Crippen LogP contribution is 2.21. The van der Waals surface area contributed by atoms with Crippen LogP contribution in [0.5, 0.6) is 5.75 Å². The molecule has 0 bridgehead atoms. The molecule has 0 saturated heterocycles. The number of aromatic amines is 1. The molecule has 0 fully saturated rings. The van der Waals surface area contributed by atoms with E-state index in [2.05, 4.69) is 4.98 Å². The predicted octanol–water partition coefficient (Wildman–Crippen LogP) is 1.23. The lowest BCUT2D eigenvalue weighted by Gasteiger charge is -2.04. The maximum atomic E-state index is 11.2. The topological polar surface area (TPSA) is 79.4 Å². The molecule has 0 aliphatic rings. The first-order valence-corrected chi connectivity index (χ1v) is 4.56. The third kappa shape index (κ3) is 1.63. The van der Waals surface area contributed by atoms with Gasteiger partial charge in [-0.1, -0.05) is 0 Å². The van der Waals surface area contributed by atoms with Crippen molar-refractivity contribution >= 4 is 16.9 Å². The molecule has 16 heavy (non-hydrogen) atoms. The number of carbonyl (C=O) groups is 1. The number of aromatic carboxylic acids is 1. The van der Waals surface area contributed by atoms with Crippen molar-refractivity contribution in [2.75, 3.05) is 7.11 Å². The number of ether oxygens (including phenoxy) is 1. The first-order chi connectivity index (χ1) is 7.61. The molecule has 2 rings (SSSR count). The van der Waals surface area contributed by atoms with Gasteiger partial charge < -0.3 is 14.8 Å². The Bertz CT molecular complexity index is 615. The maximum Gasteiger partial charge on any atom is 0.336 e. The van der Waals surface area contributed by atoms with Crippen LogP contribution in [0.2, 0.25) is 0 Å². The van der Waals surface area contributed by atoms with E-state index in [1.165, 1.54) is 7.11 Å². The van der Waals surface area contributed by atoms with E-state index in [0.717, 1.165) is 6.07 Å². The smallest absolute Gasteiger partial charge is 0.336 e. The van der Waals surface area contributed by atoms with Crippen LogP contribution in [0, 0.1) is 0 Å². The monoisotopic (exact) mass is 219 g/mol. The summed E-state index contributed by atoms with van der Waals surface area (Å²) < 4.78 is 5.00. The Balaban J connectivity index is 2.86. The van der Waals surface area contributed by atoms with Crippen LogP contribution in [0.3, 0.4) is 0 Å². The SMILES string of the molecule is COc1ccc2[nH]c(=O)cc(C(=O)O)c2c1. The summed E-state index contributed by atoms with van der Waals surface area (Å²) in [6.07, 6.45) is 0. The Labute approximate surface area is 90.3 Å². The highest BCUT2D eigenvalue weighted by atomic mass is 16.5. The van der Waals surface area contributed by atoms with E-state index in [4.69, 9.17) is 9.84 Å². The van der Waals surface area contributed by atoms with Gasteiger partial charge in [0, 0.05) is 17.0 Å². The molecule has 0 saturated carbocycles. The number of carboxylic acids is 1. The van der Waals surface area contributed by atoms with E-state index in [0.29, 0.717) is 16.7 Å². The molecule has 5 nitrogen and oxygen atoms in total. The molecule has 5 heteroatoms. The number of fused-ring (bicyclic) bond motifs is 1. The van der Waals surface area contributed by atoms with E-state index >= 15 is 0 Å². The van der Waals surface area contributed by atoms with E-state index in [9.17, 15) is 9.59 Å². The highest BCUT2D eigenvalue weighted by molar-refractivity contribution is 6.02. The third-order valence-corrected chi connectivity index (χ3v) is 2.28. The fraction of sp³-hybridized carbons (Fsp3) is 0.0909. The molecular weight excluding hydrogens is 210 g/mol. The summed E-state index contributed by atoms with van der Waals surface area (Å²) in [6, 6.07) is 5.91. The van der Waals surface area contributed by atoms with Crippen molar-refractivity contribution in [3.8, 4) is 5.75 Å². The lowest BCUT2D eigenvalue weighted by atomic mass is 10.1. The number of carboxylic acid groups (broad SMARTS) is 1.